The third-order valence-electron chi connectivity index (χ3n) is 1.59. The highest BCUT2D eigenvalue weighted by Crippen LogP contribution is 1.98. The first-order valence-corrected chi connectivity index (χ1v) is 4.48. The van der Waals surface area contributed by atoms with E-state index in [-0.39, 0.29) is 0 Å². The molecular weight excluding hydrogens is 146 g/mol. The molecule has 0 heterocycles. The van der Waals surface area contributed by atoms with Gasteiger partial charge in [0, 0.05) is 12.7 Å². The molecule has 0 aliphatic carbocycles. The quantitative estimate of drug-likeness (QED) is 0.596. The number of hydrogen-bond donors (Lipinski definition) is 1. The van der Waals surface area contributed by atoms with Crippen LogP contribution >= 0.6 is 0 Å². The summed E-state index contributed by atoms with van der Waals surface area (Å²) in [6.45, 7) is 5.98. The van der Waals surface area contributed by atoms with Crippen LogP contribution in [0.3, 0.4) is 0 Å². The summed E-state index contributed by atoms with van der Waals surface area (Å²) >= 11 is 0. The minimum Gasteiger partial charge on any atom is -0.392 e. The molecule has 0 unspecified atom stereocenters. The van der Waals surface area contributed by atoms with Crippen LogP contribution in [0, 0.1) is 0 Å². The molecule has 0 radical (unpaired) electrons. The molecule has 0 fully saturated rings. The summed E-state index contributed by atoms with van der Waals surface area (Å²) in [5.41, 5.74) is 1.10. The van der Waals surface area contributed by atoms with Gasteiger partial charge >= 0.3 is 0 Å². The molecule has 0 amide bonds. The summed E-state index contributed by atoms with van der Waals surface area (Å²) in [6.07, 6.45) is 11.7. The predicted molar refractivity (Wildman–Crippen MR) is 56.0 cm³/mol. The van der Waals surface area contributed by atoms with Crippen LogP contribution in [0.2, 0.25) is 0 Å². The first-order valence-electron chi connectivity index (χ1n) is 4.48. The normalized spacial score (nSPS) is 11.2. The van der Waals surface area contributed by atoms with Gasteiger partial charge < -0.3 is 5.32 Å². The SMILES string of the molecule is C=C(CC/C=C/C=C/CC)NC. The van der Waals surface area contributed by atoms with E-state index in [0.717, 1.165) is 25.0 Å². The summed E-state index contributed by atoms with van der Waals surface area (Å²) in [7, 11) is 1.91. The molecule has 0 spiro atoms. The van der Waals surface area contributed by atoms with Crippen molar-refractivity contribution in [2.45, 2.75) is 26.2 Å². The largest absolute Gasteiger partial charge is 0.392 e. The fraction of sp³-hybridized carbons (Fsp3) is 0.455. The first kappa shape index (κ1) is 11.0. The van der Waals surface area contributed by atoms with E-state index in [1.807, 2.05) is 7.05 Å². The van der Waals surface area contributed by atoms with E-state index in [2.05, 4.69) is 43.1 Å². The molecule has 0 bridgehead atoms. The van der Waals surface area contributed by atoms with Crippen molar-refractivity contribution >= 4 is 0 Å². The van der Waals surface area contributed by atoms with Crippen molar-refractivity contribution in [2.24, 2.45) is 0 Å². The lowest BCUT2D eigenvalue weighted by molar-refractivity contribution is 0.859. The van der Waals surface area contributed by atoms with Crippen LogP contribution in [-0.4, -0.2) is 7.05 Å². The molecule has 0 aromatic heterocycles. The molecule has 0 saturated carbocycles. The molecule has 12 heavy (non-hydrogen) atoms. The number of allylic oxidation sites excluding steroid dienone is 5. The smallest absolute Gasteiger partial charge is 0.00341 e. The van der Waals surface area contributed by atoms with E-state index in [9.17, 15) is 0 Å². The van der Waals surface area contributed by atoms with Gasteiger partial charge in [-0.05, 0) is 19.3 Å². The van der Waals surface area contributed by atoms with Crippen molar-refractivity contribution in [1.29, 1.82) is 0 Å². The van der Waals surface area contributed by atoms with Crippen molar-refractivity contribution in [3.8, 4) is 0 Å². The molecule has 0 aliphatic heterocycles. The van der Waals surface area contributed by atoms with Gasteiger partial charge in [-0.15, -0.1) is 0 Å². The predicted octanol–water partition coefficient (Wildman–Crippen LogP) is 3.02. The highest BCUT2D eigenvalue weighted by atomic mass is 14.8. The van der Waals surface area contributed by atoms with Gasteiger partial charge in [0.1, 0.15) is 0 Å². The van der Waals surface area contributed by atoms with E-state index in [1.165, 1.54) is 0 Å². The minimum atomic E-state index is 1.02. The van der Waals surface area contributed by atoms with Crippen LogP contribution in [0.4, 0.5) is 0 Å². The van der Waals surface area contributed by atoms with Crippen LogP contribution < -0.4 is 5.32 Å². The van der Waals surface area contributed by atoms with Gasteiger partial charge in [-0.25, -0.2) is 0 Å². The molecule has 0 aliphatic rings. The van der Waals surface area contributed by atoms with Crippen LogP contribution in [0.25, 0.3) is 0 Å². The Morgan fingerprint density at radius 3 is 2.58 bits per heavy atom. The summed E-state index contributed by atoms with van der Waals surface area (Å²) in [5.74, 6) is 0. The Kier molecular flexibility index (Phi) is 7.46. The second-order valence-corrected chi connectivity index (χ2v) is 2.66. The van der Waals surface area contributed by atoms with Crippen molar-refractivity contribution < 1.29 is 0 Å². The summed E-state index contributed by atoms with van der Waals surface area (Å²) < 4.78 is 0. The Hall–Kier alpha value is -0.980. The van der Waals surface area contributed by atoms with Gasteiger partial charge in [0.25, 0.3) is 0 Å². The molecule has 0 aromatic rings. The summed E-state index contributed by atoms with van der Waals surface area (Å²) in [4.78, 5) is 0. The highest BCUT2D eigenvalue weighted by Gasteiger charge is 1.84. The summed E-state index contributed by atoms with van der Waals surface area (Å²) in [5, 5.41) is 3.02. The van der Waals surface area contributed by atoms with E-state index in [0.29, 0.717) is 0 Å². The Morgan fingerprint density at radius 2 is 2.00 bits per heavy atom. The van der Waals surface area contributed by atoms with Gasteiger partial charge in [-0.2, -0.15) is 0 Å². The Labute approximate surface area is 75.9 Å². The zero-order valence-electron chi connectivity index (χ0n) is 8.14. The van der Waals surface area contributed by atoms with Crippen LogP contribution in [0.15, 0.2) is 36.6 Å². The fourth-order valence-corrected chi connectivity index (χ4v) is 0.772. The molecule has 1 N–H and O–H groups in total. The minimum absolute atomic E-state index is 1.02. The Balaban J connectivity index is 3.36. The molecule has 0 rings (SSSR count). The maximum atomic E-state index is 3.84. The number of nitrogens with one attached hydrogen (secondary N) is 1. The highest BCUT2D eigenvalue weighted by molar-refractivity contribution is 5.03. The van der Waals surface area contributed by atoms with E-state index in [4.69, 9.17) is 0 Å². The lowest BCUT2D eigenvalue weighted by Gasteiger charge is -1.99. The zero-order chi connectivity index (χ0) is 9.23. The van der Waals surface area contributed by atoms with Crippen molar-refractivity contribution in [3.63, 3.8) is 0 Å². The van der Waals surface area contributed by atoms with Gasteiger partial charge in [0.2, 0.25) is 0 Å². The summed E-state index contributed by atoms with van der Waals surface area (Å²) in [6, 6.07) is 0. The monoisotopic (exact) mass is 165 g/mol. The van der Waals surface area contributed by atoms with E-state index < -0.39 is 0 Å². The van der Waals surface area contributed by atoms with E-state index in [1.54, 1.807) is 0 Å². The lowest BCUT2D eigenvalue weighted by atomic mass is 10.2. The van der Waals surface area contributed by atoms with Gasteiger partial charge in [0.05, 0.1) is 0 Å². The average Bonchev–Trinajstić information content (AvgIpc) is 2.10. The molecule has 68 valence electrons. The van der Waals surface area contributed by atoms with Crippen molar-refractivity contribution in [2.75, 3.05) is 7.05 Å². The Bertz CT molecular complexity index is 166. The van der Waals surface area contributed by atoms with Gasteiger partial charge in [-0.1, -0.05) is 37.8 Å². The first-order chi connectivity index (χ1) is 5.81. The fourth-order valence-electron chi connectivity index (χ4n) is 0.772. The van der Waals surface area contributed by atoms with Crippen LogP contribution in [0.5, 0.6) is 0 Å². The lowest BCUT2D eigenvalue weighted by Crippen LogP contribution is -2.02. The topological polar surface area (TPSA) is 12.0 Å². The molecule has 1 heteroatoms. The third-order valence-corrected chi connectivity index (χ3v) is 1.59. The molecule has 0 aromatic carbocycles. The molecule has 0 atom stereocenters. The molecule has 0 saturated heterocycles. The number of hydrogen-bond acceptors (Lipinski definition) is 1. The zero-order valence-corrected chi connectivity index (χ0v) is 8.14. The Morgan fingerprint density at radius 1 is 1.33 bits per heavy atom. The maximum absolute atomic E-state index is 3.84. The standard InChI is InChI=1S/C11H19N/c1-4-5-6-7-8-9-10-11(2)12-3/h5-8,12H,2,4,9-10H2,1,3H3/b6-5+,8-7+. The van der Waals surface area contributed by atoms with Crippen molar-refractivity contribution in [1.82, 2.24) is 5.32 Å². The second-order valence-electron chi connectivity index (χ2n) is 2.66. The second kappa shape index (κ2) is 8.12. The number of rotatable bonds is 6. The van der Waals surface area contributed by atoms with Crippen LogP contribution in [0.1, 0.15) is 26.2 Å². The maximum Gasteiger partial charge on any atom is 0.00341 e. The molecular formula is C11H19N. The molecule has 1 nitrogen and oxygen atoms in total. The van der Waals surface area contributed by atoms with Crippen LogP contribution in [-0.2, 0) is 0 Å². The van der Waals surface area contributed by atoms with Crippen molar-refractivity contribution in [3.05, 3.63) is 36.6 Å². The van der Waals surface area contributed by atoms with E-state index >= 15 is 0 Å². The average molecular weight is 165 g/mol. The van der Waals surface area contributed by atoms with Gasteiger partial charge in [0.15, 0.2) is 0 Å². The third kappa shape index (κ3) is 7.13. The van der Waals surface area contributed by atoms with Gasteiger partial charge in [-0.3, -0.25) is 0 Å².